The van der Waals surface area contributed by atoms with Gasteiger partial charge in [-0.3, -0.25) is 14.5 Å². The molecule has 25 heavy (non-hydrogen) atoms. The summed E-state index contributed by atoms with van der Waals surface area (Å²) in [5, 5.41) is 2.15. The summed E-state index contributed by atoms with van der Waals surface area (Å²) in [4.78, 5) is 27.1. The molecule has 0 atom stereocenters. The SMILES string of the molecule is CC(=O)N(CCN1CCOCC1)CC(=O)Nc1ccc(F)c(F)c1F. The summed E-state index contributed by atoms with van der Waals surface area (Å²) >= 11 is 0. The molecule has 0 bridgehead atoms. The molecule has 6 nitrogen and oxygen atoms in total. The van der Waals surface area contributed by atoms with E-state index in [-0.39, 0.29) is 12.5 Å². The molecule has 0 radical (unpaired) electrons. The maximum Gasteiger partial charge on any atom is 0.244 e. The van der Waals surface area contributed by atoms with Crippen molar-refractivity contribution in [2.24, 2.45) is 0 Å². The molecule has 1 N–H and O–H groups in total. The number of nitrogens with one attached hydrogen (secondary N) is 1. The maximum atomic E-state index is 13.6. The van der Waals surface area contributed by atoms with Gasteiger partial charge in [-0.05, 0) is 12.1 Å². The van der Waals surface area contributed by atoms with Crippen molar-refractivity contribution in [2.45, 2.75) is 6.92 Å². The predicted octanol–water partition coefficient (Wildman–Crippen LogP) is 1.22. The van der Waals surface area contributed by atoms with E-state index in [1.165, 1.54) is 11.8 Å². The number of anilines is 1. The van der Waals surface area contributed by atoms with E-state index in [4.69, 9.17) is 4.74 Å². The van der Waals surface area contributed by atoms with Crippen LogP contribution in [0.5, 0.6) is 0 Å². The standard InChI is InChI=1S/C16H20F3N3O3/c1-11(23)22(5-4-21-6-8-25-9-7-21)10-14(24)20-13-3-2-12(17)15(18)16(13)19/h2-3H,4-10H2,1H3,(H,20,24). The third-order valence-corrected chi connectivity index (χ3v) is 3.88. The Morgan fingerprint density at radius 2 is 1.88 bits per heavy atom. The average molecular weight is 359 g/mol. The topological polar surface area (TPSA) is 61.9 Å². The highest BCUT2D eigenvalue weighted by Crippen LogP contribution is 2.19. The number of carbonyl (C=O) groups excluding carboxylic acids is 2. The number of rotatable bonds is 6. The van der Waals surface area contributed by atoms with Crippen molar-refractivity contribution in [2.75, 3.05) is 51.3 Å². The second kappa shape index (κ2) is 8.82. The Kier molecular flexibility index (Phi) is 6.77. The largest absolute Gasteiger partial charge is 0.379 e. The third-order valence-electron chi connectivity index (χ3n) is 3.88. The van der Waals surface area contributed by atoms with E-state index in [2.05, 4.69) is 10.2 Å². The van der Waals surface area contributed by atoms with Gasteiger partial charge in [-0.15, -0.1) is 0 Å². The summed E-state index contributed by atoms with van der Waals surface area (Å²) in [5.41, 5.74) is -0.472. The molecular weight excluding hydrogens is 339 g/mol. The van der Waals surface area contributed by atoms with Gasteiger partial charge >= 0.3 is 0 Å². The van der Waals surface area contributed by atoms with Gasteiger partial charge in [0.05, 0.1) is 25.4 Å². The number of hydrogen-bond donors (Lipinski definition) is 1. The Hall–Kier alpha value is -2.13. The normalized spacial score (nSPS) is 15.0. The molecular formula is C16H20F3N3O3. The van der Waals surface area contributed by atoms with Crippen molar-refractivity contribution >= 4 is 17.5 Å². The Balaban J connectivity index is 1.91. The van der Waals surface area contributed by atoms with Crippen LogP contribution in [0.3, 0.4) is 0 Å². The van der Waals surface area contributed by atoms with E-state index < -0.39 is 29.0 Å². The molecule has 138 valence electrons. The van der Waals surface area contributed by atoms with Gasteiger partial charge in [0.25, 0.3) is 0 Å². The second-order valence-corrected chi connectivity index (χ2v) is 5.67. The first-order valence-electron chi connectivity index (χ1n) is 7.87. The van der Waals surface area contributed by atoms with E-state index in [9.17, 15) is 22.8 Å². The summed E-state index contributed by atoms with van der Waals surface area (Å²) in [6, 6.07) is 1.65. The van der Waals surface area contributed by atoms with E-state index in [0.29, 0.717) is 26.3 Å². The third kappa shape index (κ3) is 5.43. The monoisotopic (exact) mass is 359 g/mol. The first-order chi connectivity index (χ1) is 11.9. The van der Waals surface area contributed by atoms with Crippen LogP contribution >= 0.6 is 0 Å². The number of benzene rings is 1. The molecule has 1 aliphatic rings. The summed E-state index contributed by atoms with van der Waals surface area (Å²) in [7, 11) is 0. The highest BCUT2D eigenvalue weighted by Gasteiger charge is 2.19. The zero-order chi connectivity index (χ0) is 18.4. The van der Waals surface area contributed by atoms with Crippen LogP contribution in [-0.4, -0.2) is 67.6 Å². The fourth-order valence-corrected chi connectivity index (χ4v) is 2.42. The lowest BCUT2D eigenvalue weighted by Gasteiger charge is -2.29. The van der Waals surface area contributed by atoms with Gasteiger partial charge in [-0.25, -0.2) is 13.2 Å². The van der Waals surface area contributed by atoms with E-state index in [1.807, 2.05) is 0 Å². The molecule has 0 saturated carbocycles. The molecule has 1 heterocycles. The first-order valence-corrected chi connectivity index (χ1v) is 7.87. The Morgan fingerprint density at radius 3 is 2.52 bits per heavy atom. The number of halogens is 3. The minimum Gasteiger partial charge on any atom is -0.379 e. The van der Waals surface area contributed by atoms with Crippen LogP contribution in [0, 0.1) is 17.5 Å². The molecule has 0 spiro atoms. The van der Waals surface area contributed by atoms with Crippen LogP contribution in [0.2, 0.25) is 0 Å². The van der Waals surface area contributed by atoms with Crippen LogP contribution in [-0.2, 0) is 14.3 Å². The molecule has 1 aromatic rings. The Morgan fingerprint density at radius 1 is 1.20 bits per heavy atom. The van der Waals surface area contributed by atoms with Gasteiger partial charge in [-0.2, -0.15) is 0 Å². The summed E-state index contributed by atoms with van der Waals surface area (Å²) < 4.78 is 44.9. The van der Waals surface area contributed by atoms with Crippen LogP contribution < -0.4 is 5.32 Å². The summed E-state index contributed by atoms with van der Waals surface area (Å²) in [6.07, 6.45) is 0. The molecule has 0 aliphatic carbocycles. The van der Waals surface area contributed by atoms with Gasteiger partial charge in [0.15, 0.2) is 17.5 Å². The molecule has 1 fully saturated rings. The van der Waals surface area contributed by atoms with Crippen LogP contribution in [0.4, 0.5) is 18.9 Å². The quantitative estimate of drug-likeness (QED) is 0.776. The molecule has 1 aliphatic heterocycles. The molecule has 0 aromatic heterocycles. The van der Waals surface area contributed by atoms with Gasteiger partial charge < -0.3 is 15.0 Å². The molecule has 2 amide bonds. The molecule has 1 aromatic carbocycles. The molecule has 0 unspecified atom stereocenters. The highest BCUT2D eigenvalue weighted by atomic mass is 19.2. The van der Waals surface area contributed by atoms with Crippen molar-refractivity contribution < 1.29 is 27.5 Å². The number of hydrogen-bond acceptors (Lipinski definition) is 4. The van der Waals surface area contributed by atoms with Crippen molar-refractivity contribution in [3.05, 3.63) is 29.6 Å². The zero-order valence-electron chi connectivity index (χ0n) is 13.9. The minimum absolute atomic E-state index is 0.307. The number of morpholine rings is 1. The van der Waals surface area contributed by atoms with Crippen LogP contribution in [0.1, 0.15) is 6.92 Å². The number of carbonyl (C=O) groups is 2. The van der Waals surface area contributed by atoms with Crippen molar-refractivity contribution in [3.63, 3.8) is 0 Å². The fourth-order valence-electron chi connectivity index (χ4n) is 2.42. The van der Waals surface area contributed by atoms with Crippen molar-refractivity contribution in [1.29, 1.82) is 0 Å². The van der Waals surface area contributed by atoms with E-state index in [1.54, 1.807) is 0 Å². The first kappa shape index (κ1) is 19.2. The van der Waals surface area contributed by atoms with Crippen LogP contribution in [0.15, 0.2) is 12.1 Å². The van der Waals surface area contributed by atoms with E-state index >= 15 is 0 Å². The number of ether oxygens (including phenoxy) is 1. The number of nitrogens with zero attached hydrogens (tertiary/aromatic N) is 2. The van der Waals surface area contributed by atoms with Crippen molar-refractivity contribution in [1.82, 2.24) is 9.80 Å². The summed E-state index contributed by atoms with van der Waals surface area (Å²) in [5.74, 6) is -5.48. The lowest BCUT2D eigenvalue weighted by atomic mass is 10.2. The zero-order valence-corrected chi connectivity index (χ0v) is 13.9. The Labute approximate surface area is 143 Å². The Bertz CT molecular complexity index is 637. The van der Waals surface area contributed by atoms with Gasteiger partial charge in [0, 0.05) is 33.1 Å². The molecule has 9 heteroatoms. The lowest BCUT2D eigenvalue weighted by molar-refractivity contribution is -0.133. The smallest absolute Gasteiger partial charge is 0.244 e. The van der Waals surface area contributed by atoms with Crippen molar-refractivity contribution in [3.8, 4) is 0 Å². The van der Waals surface area contributed by atoms with Crippen LogP contribution in [0.25, 0.3) is 0 Å². The van der Waals surface area contributed by atoms with Gasteiger partial charge in [0.1, 0.15) is 0 Å². The predicted molar refractivity (Wildman–Crippen MR) is 84.5 cm³/mol. The molecule has 1 saturated heterocycles. The second-order valence-electron chi connectivity index (χ2n) is 5.67. The molecule has 2 rings (SSSR count). The lowest BCUT2D eigenvalue weighted by Crippen LogP contribution is -2.44. The summed E-state index contributed by atoms with van der Waals surface area (Å²) in [6.45, 7) is 4.66. The van der Waals surface area contributed by atoms with Gasteiger partial charge in [0.2, 0.25) is 11.8 Å². The van der Waals surface area contributed by atoms with E-state index in [0.717, 1.165) is 25.2 Å². The minimum atomic E-state index is -1.66. The highest BCUT2D eigenvalue weighted by molar-refractivity contribution is 5.94. The number of amides is 2. The maximum absolute atomic E-state index is 13.6. The fraction of sp³-hybridized carbons (Fsp3) is 0.500. The average Bonchev–Trinajstić information content (AvgIpc) is 2.59. The van der Waals surface area contributed by atoms with Gasteiger partial charge in [-0.1, -0.05) is 0 Å².